The monoisotopic (exact) mass is 295 g/mol. The molecule has 0 aromatic carbocycles. The number of thiophene rings is 1. The van der Waals surface area contributed by atoms with Gasteiger partial charge in [-0.1, -0.05) is 0 Å². The highest BCUT2D eigenvalue weighted by Crippen LogP contribution is 2.26. The first-order valence-electron chi connectivity index (χ1n) is 5.19. The summed E-state index contributed by atoms with van der Waals surface area (Å²) in [5.74, 6) is 0.929. The molecule has 0 saturated heterocycles. The first-order chi connectivity index (χ1) is 8.03. The molecule has 1 heterocycles. The van der Waals surface area contributed by atoms with Gasteiger partial charge in [-0.2, -0.15) is 11.8 Å². The van der Waals surface area contributed by atoms with E-state index in [0.717, 1.165) is 12.2 Å². The third-order valence-corrected chi connectivity index (χ3v) is 5.82. The van der Waals surface area contributed by atoms with E-state index in [1.54, 1.807) is 24.1 Å². The number of thioether (sulfide) groups is 1. The summed E-state index contributed by atoms with van der Waals surface area (Å²) in [5, 5.41) is 10.9. The van der Waals surface area contributed by atoms with Crippen molar-refractivity contribution in [2.75, 3.05) is 18.6 Å². The minimum atomic E-state index is -3.48. The number of rotatable bonds is 7. The van der Waals surface area contributed by atoms with E-state index < -0.39 is 10.0 Å². The minimum absolute atomic E-state index is 0.237. The van der Waals surface area contributed by atoms with Gasteiger partial charge in [0.1, 0.15) is 4.90 Å². The molecular weight excluding hydrogens is 278 g/mol. The summed E-state index contributed by atoms with van der Waals surface area (Å²) in [6.45, 7) is 1.94. The van der Waals surface area contributed by atoms with Crippen LogP contribution in [0, 0.1) is 6.92 Å². The first-order valence-corrected chi connectivity index (χ1v) is 8.95. The summed E-state index contributed by atoms with van der Waals surface area (Å²) in [4.78, 5) is 0.744. The standard InChI is InChI=1S/C10H17NO3S3/c1-8-7-16-9(6-12)10(8)17(13,14)11-4-3-5-15-2/h7,11-12H,3-6H2,1-2H3. The molecule has 2 N–H and O–H groups in total. The van der Waals surface area contributed by atoms with Crippen LogP contribution in [0.1, 0.15) is 16.9 Å². The molecule has 0 bridgehead atoms. The third-order valence-electron chi connectivity index (χ3n) is 2.22. The van der Waals surface area contributed by atoms with Crippen LogP contribution in [-0.2, 0) is 16.6 Å². The lowest BCUT2D eigenvalue weighted by molar-refractivity contribution is 0.282. The van der Waals surface area contributed by atoms with E-state index in [4.69, 9.17) is 5.11 Å². The molecule has 98 valence electrons. The van der Waals surface area contributed by atoms with E-state index in [9.17, 15) is 8.42 Å². The molecule has 0 unspecified atom stereocenters. The summed E-state index contributed by atoms with van der Waals surface area (Å²) in [6, 6.07) is 0. The van der Waals surface area contributed by atoms with Crippen molar-refractivity contribution >= 4 is 33.1 Å². The van der Waals surface area contributed by atoms with Gasteiger partial charge in [0.05, 0.1) is 11.5 Å². The smallest absolute Gasteiger partial charge is 0.242 e. The van der Waals surface area contributed by atoms with Crippen LogP contribution in [-0.4, -0.2) is 32.1 Å². The quantitative estimate of drug-likeness (QED) is 0.750. The Labute approximate surface area is 110 Å². The molecule has 0 aliphatic carbocycles. The SMILES string of the molecule is CSCCCNS(=O)(=O)c1c(C)csc1CO. The van der Waals surface area contributed by atoms with E-state index in [0.29, 0.717) is 17.0 Å². The van der Waals surface area contributed by atoms with Crippen molar-refractivity contribution in [2.45, 2.75) is 24.8 Å². The van der Waals surface area contributed by atoms with E-state index in [1.165, 1.54) is 11.3 Å². The molecule has 1 aromatic heterocycles. The Morgan fingerprint density at radius 1 is 1.53 bits per heavy atom. The molecule has 0 radical (unpaired) electrons. The van der Waals surface area contributed by atoms with Crippen LogP contribution < -0.4 is 4.72 Å². The van der Waals surface area contributed by atoms with Gasteiger partial charge >= 0.3 is 0 Å². The van der Waals surface area contributed by atoms with E-state index in [2.05, 4.69) is 4.72 Å². The fourth-order valence-corrected chi connectivity index (χ4v) is 4.62. The summed E-state index contributed by atoms with van der Waals surface area (Å²) in [5.41, 5.74) is 0.691. The number of hydrogen-bond acceptors (Lipinski definition) is 5. The third kappa shape index (κ3) is 3.96. The summed E-state index contributed by atoms with van der Waals surface area (Å²) < 4.78 is 26.6. The zero-order valence-electron chi connectivity index (χ0n) is 9.89. The van der Waals surface area contributed by atoms with Crippen LogP contribution in [0.2, 0.25) is 0 Å². The Morgan fingerprint density at radius 3 is 2.82 bits per heavy atom. The number of aryl methyl sites for hydroxylation is 1. The van der Waals surface area contributed by atoms with Gasteiger partial charge in [-0.3, -0.25) is 0 Å². The number of hydrogen-bond donors (Lipinski definition) is 2. The molecule has 1 aromatic rings. The van der Waals surface area contributed by atoms with Gasteiger partial charge in [-0.15, -0.1) is 11.3 Å². The molecule has 0 aliphatic heterocycles. The largest absolute Gasteiger partial charge is 0.391 e. The van der Waals surface area contributed by atoms with E-state index >= 15 is 0 Å². The highest BCUT2D eigenvalue weighted by atomic mass is 32.2. The summed E-state index contributed by atoms with van der Waals surface area (Å²) in [6.07, 6.45) is 2.79. The highest BCUT2D eigenvalue weighted by Gasteiger charge is 2.21. The van der Waals surface area contributed by atoms with Crippen molar-refractivity contribution in [3.63, 3.8) is 0 Å². The second kappa shape index (κ2) is 6.75. The van der Waals surface area contributed by atoms with Crippen molar-refractivity contribution in [1.82, 2.24) is 4.72 Å². The average molecular weight is 295 g/mol. The van der Waals surface area contributed by atoms with Crippen LogP contribution >= 0.6 is 23.1 Å². The van der Waals surface area contributed by atoms with Gasteiger partial charge < -0.3 is 5.11 Å². The van der Waals surface area contributed by atoms with Crippen LogP contribution in [0.25, 0.3) is 0 Å². The topological polar surface area (TPSA) is 66.4 Å². The van der Waals surface area contributed by atoms with Gasteiger partial charge in [0.2, 0.25) is 10.0 Å². The number of sulfonamides is 1. The average Bonchev–Trinajstić information content (AvgIpc) is 2.66. The van der Waals surface area contributed by atoms with Gasteiger partial charge in [0.15, 0.2) is 0 Å². The van der Waals surface area contributed by atoms with Gasteiger partial charge in [0.25, 0.3) is 0 Å². The Kier molecular flexibility index (Phi) is 5.94. The van der Waals surface area contributed by atoms with Crippen molar-refractivity contribution in [3.05, 3.63) is 15.8 Å². The Hall–Kier alpha value is -0.0800. The molecule has 1 rings (SSSR count). The molecular formula is C10H17NO3S3. The lowest BCUT2D eigenvalue weighted by Gasteiger charge is -2.07. The summed E-state index contributed by atoms with van der Waals surface area (Å²) in [7, 11) is -3.48. The predicted octanol–water partition coefficient (Wildman–Crippen LogP) is 1.58. The van der Waals surface area contributed by atoms with Crippen LogP contribution in [0.4, 0.5) is 0 Å². The van der Waals surface area contributed by atoms with Crippen molar-refractivity contribution in [2.24, 2.45) is 0 Å². The summed E-state index contributed by atoms with van der Waals surface area (Å²) >= 11 is 2.96. The van der Waals surface area contributed by atoms with Crippen molar-refractivity contribution in [3.8, 4) is 0 Å². The highest BCUT2D eigenvalue weighted by molar-refractivity contribution is 7.98. The predicted molar refractivity (Wildman–Crippen MR) is 73.2 cm³/mol. The molecule has 0 aliphatic rings. The normalized spacial score (nSPS) is 11.9. The molecule has 0 atom stereocenters. The zero-order valence-corrected chi connectivity index (χ0v) is 12.3. The Morgan fingerprint density at radius 2 is 2.24 bits per heavy atom. The Balaban J connectivity index is 2.78. The second-order valence-corrected chi connectivity index (χ2v) is 7.23. The molecule has 0 fully saturated rings. The maximum atomic E-state index is 12.0. The minimum Gasteiger partial charge on any atom is -0.391 e. The zero-order chi connectivity index (χ0) is 12.9. The van der Waals surface area contributed by atoms with Crippen LogP contribution in [0.15, 0.2) is 10.3 Å². The number of nitrogens with one attached hydrogen (secondary N) is 1. The molecule has 7 heteroatoms. The van der Waals surface area contributed by atoms with Crippen LogP contribution in [0.5, 0.6) is 0 Å². The maximum absolute atomic E-state index is 12.0. The lowest BCUT2D eigenvalue weighted by Crippen LogP contribution is -2.26. The Bertz CT molecular complexity index is 453. The molecule has 17 heavy (non-hydrogen) atoms. The molecule has 0 amide bonds. The van der Waals surface area contributed by atoms with Crippen LogP contribution in [0.3, 0.4) is 0 Å². The molecule has 4 nitrogen and oxygen atoms in total. The van der Waals surface area contributed by atoms with E-state index in [1.807, 2.05) is 6.26 Å². The maximum Gasteiger partial charge on any atom is 0.242 e. The van der Waals surface area contributed by atoms with Gasteiger partial charge in [-0.05, 0) is 36.3 Å². The second-order valence-electron chi connectivity index (χ2n) is 3.57. The number of aliphatic hydroxyl groups excluding tert-OH is 1. The van der Waals surface area contributed by atoms with Gasteiger partial charge in [-0.25, -0.2) is 13.1 Å². The number of aliphatic hydroxyl groups is 1. The van der Waals surface area contributed by atoms with E-state index in [-0.39, 0.29) is 11.5 Å². The fourth-order valence-electron chi connectivity index (χ4n) is 1.45. The first kappa shape index (κ1) is 15.0. The molecule has 0 saturated carbocycles. The molecule has 0 spiro atoms. The lowest BCUT2D eigenvalue weighted by atomic mass is 10.3. The fraction of sp³-hybridized carbons (Fsp3) is 0.600. The van der Waals surface area contributed by atoms with Crippen molar-refractivity contribution < 1.29 is 13.5 Å². The van der Waals surface area contributed by atoms with Crippen molar-refractivity contribution in [1.29, 1.82) is 0 Å². The van der Waals surface area contributed by atoms with Gasteiger partial charge in [0, 0.05) is 6.54 Å².